The Bertz CT molecular complexity index is 659. The van der Waals surface area contributed by atoms with Crippen LogP contribution in [0.4, 0.5) is 0 Å². The summed E-state index contributed by atoms with van der Waals surface area (Å²) in [6, 6.07) is 7.33. The van der Waals surface area contributed by atoms with E-state index < -0.39 is 15.6 Å². The molecule has 0 unspecified atom stereocenters. The van der Waals surface area contributed by atoms with E-state index >= 15 is 0 Å². The Balaban J connectivity index is 1.94. The van der Waals surface area contributed by atoms with Crippen LogP contribution in [0.1, 0.15) is 32.3 Å². The van der Waals surface area contributed by atoms with Crippen LogP contribution in [0.5, 0.6) is 0 Å². The Morgan fingerprint density at radius 1 is 1.41 bits per heavy atom. The first kappa shape index (κ1) is 17.2. The van der Waals surface area contributed by atoms with E-state index in [0.717, 1.165) is 5.56 Å². The van der Waals surface area contributed by atoms with Crippen molar-refractivity contribution in [2.45, 2.75) is 32.2 Å². The second kappa shape index (κ2) is 6.56. The molecule has 5 nitrogen and oxygen atoms in total. The lowest BCUT2D eigenvalue weighted by atomic mass is 9.94. The van der Waals surface area contributed by atoms with Gasteiger partial charge in [0.1, 0.15) is 0 Å². The average Bonchev–Trinajstić information content (AvgIpc) is 2.75. The van der Waals surface area contributed by atoms with E-state index in [1.165, 1.54) is 4.31 Å². The first-order valence-electron chi connectivity index (χ1n) is 7.26. The molecule has 1 heterocycles. The second-order valence-electron chi connectivity index (χ2n) is 6.00. The second-order valence-corrected chi connectivity index (χ2v) is 8.53. The van der Waals surface area contributed by atoms with Crippen LogP contribution in [-0.4, -0.2) is 37.5 Å². The fourth-order valence-corrected chi connectivity index (χ4v) is 4.25. The van der Waals surface area contributed by atoms with Crippen molar-refractivity contribution < 1.29 is 13.2 Å². The molecule has 2 rings (SSSR count). The number of halogens is 1. The van der Waals surface area contributed by atoms with E-state index in [2.05, 4.69) is 5.32 Å². The molecule has 1 aromatic rings. The number of hydrogen-bond acceptors (Lipinski definition) is 3. The van der Waals surface area contributed by atoms with Crippen LogP contribution in [0.25, 0.3) is 0 Å². The molecule has 0 atom stereocenters. The molecule has 7 heteroatoms. The van der Waals surface area contributed by atoms with Gasteiger partial charge in [-0.3, -0.25) is 4.79 Å². The summed E-state index contributed by atoms with van der Waals surface area (Å²) in [6.07, 6.45) is 0.793. The Morgan fingerprint density at radius 3 is 2.73 bits per heavy atom. The maximum atomic E-state index is 12.1. The Labute approximate surface area is 136 Å². The minimum absolute atomic E-state index is 0.156. The molecule has 1 aromatic carbocycles. The van der Waals surface area contributed by atoms with Gasteiger partial charge in [0.05, 0.1) is 11.3 Å². The summed E-state index contributed by atoms with van der Waals surface area (Å²) in [7, 11) is -3.15. The number of hydrogen-bond donors (Lipinski definition) is 1. The van der Waals surface area contributed by atoms with Gasteiger partial charge in [-0.05, 0) is 38.0 Å². The van der Waals surface area contributed by atoms with E-state index in [1.54, 1.807) is 6.07 Å². The zero-order chi connectivity index (χ0) is 16.4. The van der Waals surface area contributed by atoms with Crippen LogP contribution < -0.4 is 5.32 Å². The first-order valence-corrected chi connectivity index (χ1v) is 9.24. The largest absolute Gasteiger partial charge is 0.347 e. The molecule has 1 amide bonds. The molecule has 0 aromatic heterocycles. The van der Waals surface area contributed by atoms with E-state index in [0.29, 0.717) is 18.0 Å². The maximum Gasteiger partial charge on any atom is 0.221 e. The molecule has 22 heavy (non-hydrogen) atoms. The summed E-state index contributed by atoms with van der Waals surface area (Å²) in [5, 5.41) is 3.55. The molecule has 1 saturated heterocycles. The van der Waals surface area contributed by atoms with Gasteiger partial charge in [-0.2, -0.15) is 0 Å². The number of rotatable bonds is 5. The third-order valence-corrected chi connectivity index (χ3v) is 5.98. The van der Waals surface area contributed by atoms with Gasteiger partial charge in [0, 0.05) is 24.5 Å². The van der Waals surface area contributed by atoms with Gasteiger partial charge in [0.2, 0.25) is 15.9 Å². The van der Waals surface area contributed by atoms with Gasteiger partial charge in [-0.15, -0.1) is 0 Å². The molecule has 0 spiro atoms. The maximum absolute atomic E-state index is 12.1. The number of nitrogens with zero attached hydrogens (tertiary/aromatic N) is 1. The van der Waals surface area contributed by atoms with Crippen LogP contribution in [0.15, 0.2) is 24.3 Å². The first-order chi connectivity index (χ1) is 10.2. The highest BCUT2D eigenvalue weighted by Crippen LogP contribution is 2.23. The molecule has 0 saturated carbocycles. The van der Waals surface area contributed by atoms with Gasteiger partial charge in [-0.25, -0.2) is 12.7 Å². The lowest BCUT2D eigenvalue weighted by molar-refractivity contribution is -0.122. The predicted octanol–water partition coefficient (Wildman–Crippen LogP) is 2.12. The topological polar surface area (TPSA) is 66.5 Å². The van der Waals surface area contributed by atoms with Gasteiger partial charge in [0.25, 0.3) is 0 Å². The number of carbonyl (C=O) groups excluding carboxylic acids is 1. The highest BCUT2D eigenvalue weighted by atomic mass is 35.5. The number of nitrogens with one attached hydrogen (secondary N) is 1. The van der Waals surface area contributed by atoms with E-state index in [-0.39, 0.29) is 24.6 Å². The zero-order valence-electron chi connectivity index (χ0n) is 12.8. The van der Waals surface area contributed by atoms with Crippen LogP contribution in [0, 0.1) is 0 Å². The summed E-state index contributed by atoms with van der Waals surface area (Å²) < 4.78 is 24.8. The van der Waals surface area contributed by atoms with Gasteiger partial charge >= 0.3 is 0 Å². The predicted molar refractivity (Wildman–Crippen MR) is 87.2 cm³/mol. The molecule has 0 aliphatic carbocycles. The van der Waals surface area contributed by atoms with Crippen LogP contribution >= 0.6 is 11.6 Å². The summed E-state index contributed by atoms with van der Waals surface area (Å²) in [6.45, 7) is 4.53. The van der Waals surface area contributed by atoms with Crippen molar-refractivity contribution in [1.29, 1.82) is 0 Å². The number of carbonyl (C=O) groups is 1. The number of benzene rings is 1. The summed E-state index contributed by atoms with van der Waals surface area (Å²) >= 11 is 5.98. The third-order valence-electron chi connectivity index (χ3n) is 3.79. The zero-order valence-corrected chi connectivity index (χ0v) is 14.4. The Hall–Kier alpha value is -1.11. The van der Waals surface area contributed by atoms with Crippen molar-refractivity contribution >= 4 is 27.5 Å². The molecule has 0 bridgehead atoms. The molecule has 1 fully saturated rings. The summed E-state index contributed by atoms with van der Waals surface area (Å²) in [5.74, 6) is 0.00916. The molecule has 1 aliphatic heterocycles. The van der Waals surface area contributed by atoms with Crippen molar-refractivity contribution in [3.8, 4) is 0 Å². The fourth-order valence-electron chi connectivity index (χ4n) is 2.53. The summed E-state index contributed by atoms with van der Waals surface area (Å²) in [5.41, 5.74) is 0.341. The van der Waals surface area contributed by atoms with Crippen LogP contribution in [0.3, 0.4) is 0 Å². The third kappa shape index (κ3) is 4.21. The SMILES string of the molecule is CC(C)(NC(=O)CCN1CCCS1(=O)=O)c1cccc(Cl)c1. The summed E-state index contributed by atoms with van der Waals surface area (Å²) in [4.78, 5) is 12.1. The Kier molecular flexibility index (Phi) is 5.14. The quantitative estimate of drug-likeness (QED) is 0.889. The molecular formula is C15H21ClN2O3S. The monoisotopic (exact) mass is 344 g/mol. The highest BCUT2D eigenvalue weighted by Gasteiger charge is 2.29. The van der Waals surface area contributed by atoms with Gasteiger partial charge < -0.3 is 5.32 Å². The van der Waals surface area contributed by atoms with E-state index in [1.807, 2.05) is 32.0 Å². The lowest BCUT2D eigenvalue weighted by Crippen LogP contribution is -2.42. The number of sulfonamides is 1. The van der Waals surface area contributed by atoms with Crippen molar-refractivity contribution in [1.82, 2.24) is 9.62 Å². The minimum atomic E-state index is -3.15. The average molecular weight is 345 g/mol. The van der Waals surface area contributed by atoms with Crippen molar-refractivity contribution in [3.63, 3.8) is 0 Å². The van der Waals surface area contributed by atoms with Crippen molar-refractivity contribution in [2.24, 2.45) is 0 Å². The molecule has 0 radical (unpaired) electrons. The molecule has 122 valence electrons. The van der Waals surface area contributed by atoms with E-state index in [4.69, 9.17) is 11.6 Å². The normalized spacial score (nSPS) is 18.3. The number of amides is 1. The van der Waals surface area contributed by atoms with Crippen molar-refractivity contribution in [2.75, 3.05) is 18.8 Å². The van der Waals surface area contributed by atoms with Gasteiger partial charge in [-0.1, -0.05) is 23.7 Å². The minimum Gasteiger partial charge on any atom is -0.347 e. The Morgan fingerprint density at radius 2 is 2.14 bits per heavy atom. The highest BCUT2D eigenvalue weighted by molar-refractivity contribution is 7.89. The standard InChI is InChI=1S/C15H21ClN2O3S/c1-15(2,12-5-3-6-13(16)11-12)17-14(19)7-9-18-8-4-10-22(18,20)21/h3,5-6,11H,4,7-10H2,1-2H3,(H,17,19). The van der Waals surface area contributed by atoms with E-state index in [9.17, 15) is 13.2 Å². The van der Waals surface area contributed by atoms with Gasteiger partial charge in [0.15, 0.2) is 0 Å². The smallest absolute Gasteiger partial charge is 0.221 e. The molecule has 1 aliphatic rings. The lowest BCUT2D eigenvalue weighted by Gasteiger charge is -2.27. The van der Waals surface area contributed by atoms with Crippen molar-refractivity contribution in [3.05, 3.63) is 34.9 Å². The van der Waals surface area contributed by atoms with Crippen LogP contribution in [0.2, 0.25) is 5.02 Å². The molecule has 1 N–H and O–H groups in total. The fraction of sp³-hybridized carbons (Fsp3) is 0.533. The molecular weight excluding hydrogens is 324 g/mol. The van der Waals surface area contributed by atoms with Crippen LogP contribution in [-0.2, 0) is 20.4 Å².